The summed E-state index contributed by atoms with van der Waals surface area (Å²) in [5.74, 6) is 3.66. The number of nitrogens with zero attached hydrogens (tertiary/aromatic N) is 3. The summed E-state index contributed by atoms with van der Waals surface area (Å²) in [4.78, 5) is 15.0. The van der Waals surface area contributed by atoms with Gasteiger partial charge in [0, 0.05) is 30.9 Å². The zero-order valence-corrected chi connectivity index (χ0v) is 17.8. The van der Waals surface area contributed by atoms with Gasteiger partial charge < -0.3 is 14.5 Å². The molecule has 1 aliphatic carbocycles. The van der Waals surface area contributed by atoms with Crippen molar-refractivity contribution in [1.82, 2.24) is 14.9 Å². The zero-order valence-electron chi connectivity index (χ0n) is 16.9. The normalized spacial score (nSPS) is 20.1. The van der Waals surface area contributed by atoms with Gasteiger partial charge in [0.05, 0.1) is 31.4 Å². The predicted octanol–water partition coefficient (Wildman–Crippen LogP) is 3.90. The molecule has 3 aromatic heterocycles. The van der Waals surface area contributed by atoms with Crippen LogP contribution in [0.25, 0.3) is 10.2 Å². The first-order chi connectivity index (χ1) is 14.3. The average molecular weight is 413 g/mol. The molecule has 1 saturated heterocycles. The van der Waals surface area contributed by atoms with Gasteiger partial charge in [-0.3, -0.25) is 4.90 Å². The van der Waals surface area contributed by atoms with Crippen LogP contribution in [0.2, 0.25) is 0 Å². The fraction of sp³-hybridized carbons (Fsp3) is 0.545. The topological polar surface area (TPSA) is 63.4 Å². The lowest BCUT2D eigenvalue weighted by Crippen LogP contribution is -2.36. The van der Waals surface area contributed by atoms with Crippen molar-refractivity contribution in [3.05, 3.63) is 40.4 Å². The molecule has 29 heavy (non-hydrogen) atoms. The van der Waals surface area contributed by atoms with Crippen molar-refractivity contribution in [2.75, 3.05) is 38.2 Å². The third-order valence-electron chi connectivity index (χ3n) is 5.91. The van der Waals surface area contributed by atoms with Crippen molar-refractivity contribution in [3.8, 4) is 0 Å². The quantitative estimate of drug-likeness (QED) is 0.663. The highest BCUT2D eigenvalue weighted by atomic mass is 32.1. The summed E-state index contributed by atoms with van der Waals surface area (Å²) in [5, 5.41) is 4.86. The first-order valence-corrected chi connectivity index (χ1v) is 11.5. The van der Waals surface area contributed by atoms with Crippen LogP contribution in [-0.2, 0) is 30.5 Å². The van der Waals surface area contributed by atoms with Gasteiger partial charge in [-0.05, 0) is 42.9 Å². The highest BCUT2D eigenvalue weighted by molar-refractivity contribution is 7.19. The van der Waals surface area contributed by atoms with Crippen LogP contribution in [0, 0.1) is 5.92 Å². The van der Waals surface area contributed by atoms with Crippen molar-refractivity contribution >= 4 is 27.4 Å². The number of anilines is 1. The lowest BCUT2D eigenvalue weighted by atomic mass is 9.89. The SMILES string of the molecule is C[C@@H]1CCc2c(sc3nc(CN4CCOCC4)nc(NCCc4ccco4)c23)C1. The minimum Gasteiger partial charge on any atom is -0.469 e. The van der Waals surface area contributed by atoms with Crippen molar-refractivity contribution in [2.24, 2.45) is 5.92 Å². The average Bonchev–Trinajstić information content (AvgIpc) is 3.35. The van der Waals surface area contributed by atoms with Crippen LogP contribution in [0.5, 0.6) is 0 Å². The molecule has 2 aliphatic rings. The van der Waals surface area contributed by atoms with Crippen molar-refractivity contribution in [1.29, 1.82) is 0 Å². The third kappa shape index (κ3) is 4.17. The Hall–Kier alpha value is -1.96. The van der Waals surface area contributed by atoms with E-state index in [1.165, 1.54) is 28.7 Å². The van der Waals surface area contributed by atoms with Gasteiger partial charge in [0.1, 0.15) is 22.2 Å². The van der Waals surface area contributed by atoms with E-state index >= 15 is 0 Å². The number of rotatable bonds is 6. The summed E-state index contributed by atoms with van der Waals surface area (Å²) in [7, 11) is 0. The molecule has 1 N–H and O–H groups in total. The summed E-state index contributed by atoms with van der Waals surface area (Å²) >= 11 is 1.87. The second-order valence-electron chi connectivity index (χ2n) is 8.17. The summed E-state index contributed by atoms with van der Waals surface area (Å²) in [6, 6.07) is 3.96. The molecule has 0 unspecified atom stereocenters. The van der Waals surface area contributed by atoms with Gasteiger partial charge in [-0.2, -0.15) is 0 Å². The molecule has 0 bridgehead atoms. The molecule has 6 nitrogen and oxygen atoms in total. The van der Waals surface area contributed by atoms with Crippen LogP contribution in [0.4, 0.5) is 5.82 Å². The maximum Gasteiger partial charge on any atom is 0.146 e. The largest absolute Gasteiger partial charge is 0.469 e. The van der Waals surface area contributed by atoms with Gasteiger partial charge in [-0.1, -0.05) is 6.92 Å². The van der Waals surface area contributed by atoms with E-state index in [2.05, 4.69) is 17.1 Å². The Morgan fingerprint density at radius 1 is 1.28 bits per heavy atom. The summed E-state index contributed by atoms with van der Waals surface area (Å²) < 4.78 is 11.0. The Morgan fingerprint density at radius 2 is 2.17 bits per heavy atom. The van der Waals surface area contributed by atoms with Crippen LogP contribution in [-0.4, -0.2) is 47.7 Å². The molecule has 7 heteroatoms. The number of furan rings is 1. The third-order valence-corrected chi connectivity index (χ3v) is 7.06. The number of aromatic nitrogens is 2. The summed E-state index contributed by atoms with van der Waals surface area (Å²) in [6.07, 6.45) is 6.13. The van der Waals surface area contributed by atoms with Crippen LogP contribution < -0.4 is 5.32 Å². The van der Waals surface area contributed by atoms with E-state index in [-0.39, 0.29) is 0 Å². The second-order valence-corrected chi connectivity index (χ2v) is 9.25. The van der Waals surface area contributed by atoms with Gasteiger partial charge in [0.25, 0.3) is 0 Å². The predicted molar refractivity (Wildman–Crippen MR) is 116 cm³/mol. The minimum absolute atomic E-state index is 0.756. The molecule has 0 radical (unpaired) electrons. The lowest BCUT2D eigenvalue weighted by molar-refractivity contribution is 0.0331. The standard InChI is InChI=1S/C22H28N4O2S/c1-15-4-5-17-18(13-15)29-22-20(17)21(23-7-6-16-3-2-10-28-16)24-19(25-22)14-26-8-11-27-12-9-26/h2-3,10,15H,4-9,11-14H2,1H3,(H,23,24,25)/t15-/m1/s1. The molecule has 1 aliphatic heterocycles. The number of hydrogen-bond donors (Lipinski definition) is 1. The van der Waals surface area contributed by atoms with Crippen molar-refractivity contribution in [3.63, 3.8) is 0 Å². The number of aryl methyl sites for hydroxylation is 1. The smallest absolute Gasteiger partial charge is 0.146 e. The molecular weight excluding hydrogens is 384 g/mol. The molecule has 1 fully saturated rings. The fourth-order valence-electron chi connectivity index (χ4n) is 4.30. The van der Waals surface area contributed by atoms with Gasteiger partial charge >= 0.3 is 0 Å². The van der Waals surface area contributed by atoms with E-state index in [1.807, 2.05) is 23.5 Å². The first kappa shape index (κ1) is 19.0. The number of hydrogen-bond acceptors (Lipinski definition) is 7. The number of thiophene rings is 1. The Bertz CT molecular complexity index is 963. The molecule has 0 amide bonds. The number of nitrogens with one attached hydrogen (secondary N) is 1. The fourth-order valence-corrected chi connectivity index (χ4v) is 5.70. The van der Waals surface area contributed by atoms with E-state index in [4.69, 9.17) is 19.1 Å². The Labute approximate surface area is 175 Å². The van der Waals surface area contributed by atoms with Gasteiger partial charge in [-0.15, -0.1) is 11.3 Å². The molecule has 0 aromatic carbocycles. The Balaban J connectivity index is 1.44. The monoisotopic (exact) mass is 412 g/mol. The zero-order chi connectivity index (χ0) is 19.6. The van der Waals surface area contributed by atoms with Crippen LogP contribution in [0.3, 0.4) is 0 Å². The van der Waals surface area contributed by atoms with Gasteiger partial charge in [0.2, 0.25) is 0 Å². The molecule has 1 atom stereocenters. The molecule has 0 saturated carbocycles. The van der Waals surface area contributed by atoms with E-state index < -0.39 is 0 Å². The van der Waals surface area contributed by atoms with Crippen LogP contribution >= 0.6 is 11.3 Å². The number of morpholine rings is 1. The summed E-state index contributed by atoms with van der Waals surface area (Å²) in [5.41, 5.74) is 1.47. The Kier molecular flexibility index (Phi) is 5.52. The van der Waals surface area contributed by atoms with E-state index in [0.29, 0.717) is 0 Å². The second kappa shape index (κ2) is 8.42. The van der Waals surface area contributed by atoms with Crippen molar-refractivity contribution in [2.45, 2.75) is 39.2 Å². The van der Waals surface area contributed by atoms with E-state index in [9.17, 15) is 0 Å². The number of fused-ring (bicyclic) bond motifs is 3. The maximum absolute atomic E-state index is 5.48. The molecule has 0 spiro atoms. The molecule has 3 aromatic rings. The maximum atomic E-state index is 5.48. The minimum atomic E-state index is 0.756. The molecule has 5 rings (SSSR count). The van der Waals surface area contributed by atoms with Crippen molar-refractivity contribution < 1.29 is 9.15 Å². The van der Waals surface area contributed by atoms with Crippen LogP contribution in [0.1, 0.15) is 35.4 Å². The molecule has 154 valence electrons. The molecule has 4 heterocycles. The van der Waals surface area contributed by atoms with E-state index in [1.54, 1.807) is 6.26 Å². The summed E-state index contributed by atoms with van der Waals surface area (Å²) in [6.45, 7) is 7.42. The highest BCUT2D eigenvalue weighted by Crippen LogP contribution is 2.40. The lowest BCUT2D eigenvalue weighted by Gasteiger charge is -2.26. The molecular formula is C22H28N4O2S. The van der Waals surface area contributed by atoms with Gasteiger partial charge in [-0.25, -0.2) is 9.97 Å². The highest BCUT2D eigenvalue weighted by Gasteiger charge is 2.24. The van der Waals surface area contributed by atoms with E-state index in [0.717, 1.165) is 80.4 Å². The number of ether oxygens (including phenoxy) is 1. The van der Waals surface area contributed by atoms with Gasteiger partial charge in [0.15, 0.2) is 0 Å². The van der Waals surface area contributed by atoms with Crippen LogP contribution in [0.15, 0.2) is 22.8 Å². The first-order valence-electron chi connectivity index (χ1n) is 10.6. The Morgan fingerprint density at radius 3 is 3.00 bits per heavy atom.